The summed E-state index contributed by atoms with van der Waals surface area (Å²) in [5.41, 5.74) is 6.15. The van der Waals surface area contributed by atoms with Gasteiger partial charge in [-0.3, -0.25) is 0 Å². The molecule has 0 N–H and O–H groups in total. The van der Waals surface area contributed by atoms with Gasteiger partial charge in [-0.25, -0.2) is 4.79 Å². The summed E-state index contributed by atoms with van der Waals surface area (Å²) in [6, 6.07) is 0. The Morgan fingerprint density at radius 2 is 1.91 bits per heavy atom. The quantitative estimate of drug-likeness (QED) is 0.745. The molecule has 0 radical (unpaired) electrons. The van der Waals surface area contributed by atoms with Gasteiger partial charge in [0.05, 0.1) is 18.8 Å². The summed E-state index contributed by atoms with van der Waals surface area (Å²) in [7, 11) is 1.72. The summed E-state index contributed by atoms with van der Waals surface area (Å²) in [6.45, 7) is 4.07. The molecule has 2 bridgehead atoms. The first-order chi connectivity index (χ1) is 11.2. The highest BCUT2D eigenvalue weighted by molar-refractivity contribution is 5.96. The number of cyclic esters (lactones) is 1. The molecule has 1 aromatic carbocycles. The van der Waals surface area contributed by atoms with Gasteiger partial charge in [0.25, 0.3) is 0 Å². The Kier molecular flexibility index (Phi) is 3.67. The van der Waals surface area contributed by atoms with E-state index in [4.69, 9.17) is 18.9 Å². The second-order valence-electron chi connectivity index (χ2n) is 6.58. The van der Waals surface area contributed by atoms with Crippen molar-refractivity contribution >= 4 is 5.97 Å². The van der Waals surface area contributed by atoms with Gasteiger partial charge >= 0.3 is 5.97 Å². The van der Waals surface area contributed by atoms with Crippen LogP contribution in [0.25, 0.3) is 0 Å². The number of carbonyl (C=O) groups is 1. The maximum Gasteiger partial charge on any atom is 0.339 e. The van der Waals surface area contributed by atoms with Crippen LogP contribution in [0.4, 0.5) is 0 Å². The molecular formula is C18H22O5. The largest absolute Gasteiger partial charge is 0.457 e. The average molecular weight is 318 g/mol. The first-order valence-electron chi connectivity index (χ1n) is 8.25. The van der Waals surface area contributed by atoms with Crippen molar-refractivity contribution in [2.45, 2.75) is 58.2 Å². The SMILES string of the molecule is COC12CCCCOCc3c(C)c4c(c(c3C1)CO2)COC4=O. The fourth-order valence-electron chi connectivity index (χ4n) is 4.04. The number of carbonyl (C=O) groups excluding carboxylic acids is 1. The minimum Gasteiger partial charge on any atom is -0.457 e. The molecule has 0 spiro atoms. The van der Waals surface area contributed by atoms with Crippen LogP contribution in [0, 0.1) is 6.92 Å². The number of fused-ring (bicyclic) bond motifs is 3. The van der Waals surface area contributed by atoms with Gasteiger partial charge in [-0.05, 0) is 42.0 Å². The van der Waals surface area contributed by atoms with E-state index in [2.05, 4.69) is 0 Å². The summed E-state index contributed by atoms with van der Waals surface area (Å²) < 4.78 is 23.1. The Balaban J connectivity index is 1.91. The van der Waals surface area contributed by atoms with Crippen LogP contribution in [-0.4, -0.2) is 25.5 Å². The molecule has 124 valence electrons. The summed E-state index contributed by atoms with van der Waals surface area (Å²) in [6.07, 6.45) is 3.57. The monoisotopic (exact) mass is 318 g/mol. The molecule has 0 saturated heterocycles. The molecule has 4 rings (SSSR count). The summed E-state index contributed by atoms with van der Waals surface area (Å²) >= 11 is 0. The number of ether oxygens (including phenoxy) is 4. The van der Waals surface area contributed by atoms with Gasteiger partial charge in [0, 0.05) is 32.1 Å². The average Bonchev–Trinajstić information content (AvgIpc) is 2.95. The molecule has 1 unspecified atom stereocenters. The van der Waals surface area contributed by atoms with E-state index in [9.17, 15) is 4.79 Å². The molecule has 3 aliphatic rings. The lowest BCUT2D eigenvalue weighted by molar-refractivity contribution is -0.240. The van der Waals surface area contributed by atoms with Crippen molar-refractivity contribution in [2.24, 2.45) is 0 Å². The lowest BCUT2D eigenvalue weighted by Crippen LogP contribution is -2.42. The molecule has 3 heterocycles. The minimum atomic E-state index is -0.552. The van der Waals surface area contributed by atoms with Crippen LogP contribution in [-0.2, 0) is 45.2 Å². The van der Waals surface area contributed by atoms with Crippen molar-refractivity contribution in [1.29, 1.82) is 0 Å². The van der Waals surface area contributed by atoms with Crippen molar-refractivity contribution in [1.82, 2.24) is 0 Å². The predicted octanol–water partition coefficient (Wildman–Crippen LogP) is 2.78. The third kappa shape index (κ3) is 2.30. The van der Waals surface area contributed by atoms with Crippen LogP contribution in [0.2, 0.25) is 0 Å². The molecule has 1 aromatic rings. The molecule has 0 aliphatic carbocycles. The van der Waals surface area contributed by atoms with Crippen molar-refractivity contribution in [3.05, 3.63) is 33.4 Å². The zero-order valence-electron chi connectivity index (χ0n) is 13.7. The summed E-state index contributed by atoms with van der Waals surface area (Å²) in [5, 5.41) is 0. The van der Waals surface area contributed by atoms with Gasteiger partial charge in [0.15, 0.2) is 5.79 Å². The third-order valence-corrected chi connectivity index (χ3v) is 5.41. The number of esters is 1. The fourth-order valence-corrected chi connectivity index (χ4v) is 4.04. The van der Waals surface area contributed by atoms with Crippen LogP contribution < -0.4 is 0 Å². The molecule has 5 heteroatoms. The standard InChI is InChI=1S/C18H22O5/c1-11-13-8-21-6-4-3-5-18(20-2)7-12(13)14(10-23-18)15-9-22-17(19)16(11)15/h3-10H2,1-2H3. The van der Waals surface area contributed by atoms with Crippen molar-refractivity contribution in [3.63, 3.8) is 0 Å². The maximum atomic E-state index is 12.1. The zero-order chi connectivity index (χ0) is 16.0. The Labute approximate surface area is 135 Å². The van der Waals surface area contributed by atoms with E-state index in [1.807, 2.05) is 6.92 Å². The van der Waals surface area contributed by atoms with Crippen molar-refractivity contribution < 1.29 is 23.7 Å². The Morgan fingerprint density at radius 1 is 1.04 bits per heavy atom. The molecule has 0 saturated carbocycles. The molecule has 0 aromatic heterocycles. The minimum absolute atomic E-state index is 0.225. The number of benzene rings is 1. The molecule has 1 atom stereocenters. The first kappa shape index (κ1) is 15.1. The summed E-state index contributed by atoms with van der Waals surface area (Å²) in [5.74, 6) is -0.777. The number of rotatable bonds is 1. The molecular weight excluding hydrogens is 296 g/mol. The normalized spacial score (nSPS) is 26.6. The maximum absolute atomic E-state index is 12.1. The Hall–Kier alpha value is -1.43. The highest BCUT2D eigenvalue weighted by atomic mass is 16.7. The number of hydrogen-bond donors (Lipinski definition) is 0. The van der Waals surface area contributed by atoms with E-state index in [1.54, 1.807) is 7.11 Å². The van der Waals surface area contributed by atoms with Crippen LogP contribution in [0.5, 0.6) is 0 Å². The van der Waals surface area contributed by atoms with Crippen LogP contribution in [0.15, 0.2) is 0 Å². The first-order valence-corrected chi connectivity index (χ1v) is 8.25. The number of methoxy groups -OCH3 is 1. The lowest BCUT2D eigenvalue weighted by Gasteiger charge is -2.39. The molecule has 5 nitrogen and oxygen atoms in total. The van der Waals surface area contributed by atoms with Crippen molar-refractivity contribution in [3.8, 4) is 0 Å². The molecule has 23 heavy (non-hydrogen) atoms. The summed E-state index contributed by atoms with van der Waals surface area (Å²) in [4.78, 5) is 12.1. The van der Waals surface area contributed by atoms with Crippen LogP contribution in [0.1, 0.15) is 57.4 Å². The van der Waals surface area contributed by atoms with E-state index in [0.29, 0.717) is 31.8 Å². The second-order valence-corrected chi connectivity index (χ2v) is 6.58. The van der Waals surface area contributed by atoms with E-state index in [1.165, 1.54) is 5.56 Å². The number of hydrogen-bond acceptors (Lipinski definition) is 5. The van der Waals surface area contributed by atoms with E-state index in [0.717, 1.165) is 48.1 Å². The molecule has 0 amide bonds. The fraction of sp³-hybridized carbons (Fsp3) is 0.611. The zero-order valence-corrected chi connectivity index (χ0v) is 13.7. The van der Waals surface area contributed by atoms with Crippen LogP contribution >= 0.6 is 0 Å². The van der Waals surface area contributed by atoms with E-state index < -0.39 is 5.79 Å². The van der Waals surface area contributed by atoms with Gasteiger partial charge in [-0.2, -0.15) is 0 Å². The highest BCUT2D eigenvalue weighted by Gasteiger charge is 2.41. The van der Waals surface area contributed by atoms with Gasteiger partial charge in [-0.15, -0.1) is 0 Å². The van der Waals surface area contributed by atoms with Gasteiger partial charge in [0.2, 0.25) is 0 Å². The Morgan fingerprint density at radius 3 is 2.74 bits per heavy atom. The highest BCUT2D eigenvalue weighted by Crippen LogP contribution is 2.41. The van der Waals surface area contributed by atoms with E-state index >= 15 is 0 Å². The molecule has 0 fully saturated rings. The smallest absolute Gasteiger partial charge is 0.339 e. The van der Waals surface area contributed by atoms with Gasteiger partial charge < -0.3 is 18.9 Å². The Bertz CT molecular complexity index is 666. The lowest BCUT2D eigenvalue weighted by atomic mass is 9.83. The third-order valence-electron chi connectivity index (χ3n) is 5.41. The van der Waals surface area contributed by atoms with E-state index in [-0.39, 0.29) is 5.97 Å². The van der Waals surface area contributed by atoms with Gasteiger partial charge in [-0.1, -0.05) is 0 Å². The second kappa shape index (κ2) is 5.58. The molecule has 3 aliphatic heterocycles. The predicted molar refractivity (Wildman–Crippen MR) is 82.0 cm³/mol. The van der Waals surface area contributed by atoms with Crippen LogP contribution in [0.3, 0.4) is 0 Å². The van der Waals surface area contributed by atoms with Crippen molar-refractivity contribution in [2.75, 3.05) is 13.7 Å². The van der Waals surface area contributed by atoms with Gasteiger partial charge in [0.1, 0.15) is 6.61 Å². The topological polar surface area (TPSA) is 54.0 Å².